The smallest absolute Gasteiger partial charge is 0.190 e. The van der Waals surface area contributed by atoms with E-state index in [0.29, 0.717) is 0 Å². The lowest BCUT2D eigenvalue weighted by Gasteiger charge is -2.10. The molecule has 0 saturated carbocycles. The fourth-order valence-corrected chi connectivity index (χ4v) is 4.29. The predicted molar refractivity (Wildman–Crippen MR) is 115 cm³/mol. The summed E-state index contributed by atoms with van der Waals surface area (Å²) in [6, 6.07) is 18.7. The van der Waals surface area contributed by atoms with Gasteiger partial charge in [0.15, 0.2) is 4.80 Å². The van der Waals surface area contributed by atoms with Crippen molar-refractivity contribution in [3.8, 4) is 11.3 Å². The summed E-state index contributed by atoms with van der Waals surface area (Å²) in [6.45, 7) is 0.746. The molecule has 0 radical (unpaired) electrons. The van der Waals surface area contributed by atoms with Crippen LogP contribution in [-0.4, -0.2) is 9.55 Å². The SMILES string of the molecule is Fc1ccc(CCn2c(-c3cccc(Br)c3)csc2=Nc2cccnc2)cc1. The molecule has 2 aromatic heterocycles. The fraction of sp³-hybridized carbons (Fsp3) is 0.0909. The van der Waals surface area contributed by atoms with Crippen molar-refractivity contribution in [2.75, 3.05) is 0 Å². The van der Waals surface area contributed by atoms with Gasteiger partial charge in [0, 0.05) is 28.2 Å². The van der Waals surface area contributed by atoms with E-state index in [9.17, 15) is 4.39 Å². The lowest BCUT2D eigenvalue weighted by molar-refractivity contribution is 0.625. The average molecular weight is 454 g/mol. The van der Waals surface area contributed by atoms with Crippen LogP contribution >= 0.6 is 27.3 Å². The molecule has 0 amide bonds. The third-order valence-corrected chi connectivity index (χ3v) is 5.68. The van der Waals surface area contributed by atoms with Crippen LogP contribution in [0.5, 0.6) is 0 Å². The second-order valence-electron chi connectivity index (χ2n) is 6.26. The molecule has 2 heterocycles. The minimum atomic E-state index is -0.214. The first-order valence-corrected chi connectivity index (χ1v) is 10.5. The van der Waals surface area contributed by atoms with Gasteiger partial charge in [-0.15, -0.1) is 11.3 Å². The highest BCUT2D eigenvalue weighted by Gasteiger charge is 2.09. The number of hydrogen-bond acceptors (Lipinski definition) is 3. The zero-order chi connectivity index (χ0) is 19.3. The standard InChI is InChI=1S/C22H17BrFN3S/c23-18-4-1-3-17(13-18)21-15-28-22(26-20-5-2-11-25-14-20)27(21)12-10-16-6-8-19(24)9-7-16/h1-9,11,13-15H,10,12H2. The van der Waals surface area contributed by atoms with Crippen LogP contribution in [0.4, 0.5) is 10.1 Å². The van der Waals surface area contributed by atoms with Crippen LogP contribution in [0.15, 0.2) is 87.9 Å². The first-order valence-electron chi connectivity index (χ1n) is 8.82. The summed E-state index contributed by atoms with van der Waals surface area (Å²) < 4.78 is 16.4. The van der Waals surface area contributed by atoms with Crippen LogP contribution in [0.3, 0.4) is 0 Å². The second-order valence-corrected chi connectivity index (χ2v) is 8.02. The van der Waals surface area contributed by atoms with Crippen molar-refractivity contribution >= 4 is 33.0 Å². The maximum absolute atomic E-state index is 13.2. The van der Waals surface area contributed by atoms with Crippen LogP contribution in [0.1, 0.15) is 5.56 Å². The molecule has 28 heavy (non-hydrogen) atoms. The van der Waals surface area contributed by atoms with Gasteiger partial charge in [-0.25, -0.2) is 9.38 Å². The summed E-state index contributed by atoms with van der Waals surface area (Å²) in [7, 11) is 0. The van der Waals surface area contributed by atoms with Gasteiger partial charge in [0.05, 0.1) is 17.6 Å². The Balaban J connectivity index is 1.74. The lowest BCUT2D eigenvalue weighted by Crippen LogP contribution is -2.17. The van der Waals surface area contributed by atoms with Gasteiger partial charge in [-0.3, -0.25) is 4.98 Å². The Morgan fingerprint density at radius 3 is 2.68 bits per heavy atom. The third-order valence-electron chi connectivity index (χ3n) is 4.33. The Morgan fingerprint density at radius 2 is 1.93 bits per heavy atom. The number of rotatable bonds is 5. The van der Waals surface area contributed by atoms with Crippen LogP contribution < -0.4 is 4.80 Å². The molecule has 0 aliphatic heterocycles. The van der Waals surface area contributed by atoms with Gasteiger partial charge >= 0.3 is 0 Å². The first-order chi connectivity index (χ1) is 13.7. The number of nitrogens with zero attached hydrogens (tertiary/aromatic N) is 3. The van der Waals surface area contributed by atoms with E-state index in [1.165, 1.54) is 12.1 Å². The molecule has 0 aliphatic rings. The van der Waals surface area contributed by atoms with Gasteiger partial charge in [-0.1, -0.05) is 40.2 Å². The van der Waals surface area contributed by atoms with Crippen molar-refractivity contribution in [1.29, 1.82) is 0 Å². The number of hydrogen-bond donors (Lipinski definition) is 0. The zero-order valence-electron chi connectivity index (χ0n) is 14.9. The molecule has 0 atom stereocenters. The Bertz CT molecular complexity index is 1130. The number of pyridine rings is 1. The van der Waals surface area contributed by atoms with E-state index in [1.54, 1.807) is 23.7 Å². The largest absolute Gasteiger partial charge is 0.316 e. The van der Waals surface area contributed by atoms with E-state index in [0.717, 1.165) is 44.7 Å². The van der Waals surface area contributed by atoms with Gasteiger partial charge in [0.1, 0.15) is 5.82 Å². The molecule has 4 aromatic rings. The van der Waals surface area contributed by atoms with Crippen molar-refractivity contribution in [1.82, 2.24) is 9.55 Å². The van der Waals surface area contributed by atoms with E-state index >= 15 is 0 Å². The van der Waals surface area contributed by atoms with E-state index in [2.05, 4.69) is 43.0 Å². The molecule has 4 rings (SSSR count). The molecule has 0 bridgehead atoms. The normalized spacial score (nSPS) is 11.7. The molecule has 6 heteroatoms. The number of thiazole rings is 1. The Morgan fingerprint density at radius 1 is 1.07 bits per heavy atom. The molecule has 0 N–H and O–H groups in total. The van der Waals surface area contributed by atoms with E-state index < -0.39 is 0 Å². The van der Waals surface area contributed by atoms with Crippen LogP contribution in [0.2, 0.25) is 0 Å². The molecule has 0 unspecified atom stereocenters. The van der Waals surface area contributed by atoms with Crippen LogP contribution in [-0.2, 0) is 13.0 Å². The number of benzene rings is 2. The third kappa shape index (κ3) is 4.46. The summed E-state index contributed by atoms with van der Waals surface area (Å²) in [6.07, 6.45) is 4.28. The number of aromatic nitrogens is 2. The van der Waals surface area contributed by atoms with Gasteiger partial charge < -0.3 is 4.57 Å². The zero-order valence-corrected chi connectivity index (χ0v) is 17.3. The monoisotopic (exact) mass is 453 g/mol. The highest BCUT2D eigenvalue weighted by molar-refractivity contribution is 9.10. The molecular formula is C22H17BrFN3S. The highest BCUT2D eigenvalue weighted by atomic mass is 79.9. The second kappa shape index (κ2) is 8.63. The fourth-order valence-electron chi connectivity index (χ4n) is 2.94. The van der Waals surface area contributed by atoms with E-state index in [-0.39, 0.29) is 5.82 Å². The van der Waals surface area contributed by atoms with Gasteiger partial charge in [0.2, 0.25) is 0 Å². The van der Waals surface area contributed by atoms with Crippen LogP contribution in [0.25, 0.3) is 11.3 Å². The number of aryl methyl sites for hydroxylation is 1. The van der Waals surface area contributed by atoms with E-state index in [4.69, 9.17) is 4.99 Å². The average Bonchev–Trinajstić information content (AvgIpc) is 3.11. The topological polar surface area (TPSA) is 30.2 Å². The molecule has 3 nitrogen and oxygen atoms in total. The van der Waals surface area contributed by atoms with Crippen molar-refractivity contribution in [3.63, 3.8) is 0 Å². The Hall–Kier alpha value is -2.57. The summed E-state index contributed by atoms with van der Waals surface area (Å²) in [4.78, 5) is 9.84. The Kier molecular flexibility index (Phi) is 5.78. The summed E-state index contributed by atoms with van der Waals surface area (Å²) in [5.41, 5.74) is 4.14. The summed E-state index contributed by atoms with van der Waals surface area (Å²) in [5, 5.41) is 2.13. The Labute approximate surface area is 175 Å². The summed E-state index contributed by atoms with van der Waals surface area (Å²) in [5.74, 6) is -0.214. The lowest BCUT2D eigenvalue weighted by atomic mass is 10.1. The minimum absolute atomic E-state index is 0.214. The molecule has 140 valence electrons. The van der Waals surface area contributed by atoms with Gasteiger partial charge in [-0.05, 0) is 48.4 Å². The maximum Gasteiger partial charge on any atom is 0.190 e. The maximum atomic E-state index is 13.2. The minimum Gasteiger partial charge on any atom is -0.316 e. The molecule has 0 saturated heterocycles. The van der Waals surface area contributed by atoms with Crippen molar-refractivity contribution in [3.05, 3.63) is 99.1 Å². The molecule has 0 fully saturated rings. The molecule has 0 aliphatic carbocycles. The van der Waals surface area contributed by atoms with Gasteiger partial charge in [0.25, 0.3) is 0 Å². The quantitative estimate of drug-likeness (QED) is 0.365. The number of halogens is 2. The highest BCUT2D eigenvalue weighted by Crippen LogP contribution is 2.24. The van der Waals surface area contributed by atoms with Gasteiger partial charge in [-0.2, -0.15) is 0 Å². The van der Waals surface area contributed by atoms with E-state index in [1.807, 2.05) is 36.4 Å². The van der Waals surface area contributed by atoms with Crippen molar-refractivity contribution < 1.29 is 4.39 Å². The molecule has 2 aromatic carbocycles. The predicted octanol–water partition coefficient (Wildman–Crippen LogP) is 5.99. The molecular weight excluding hydrogens is 437 g/mol. The first kappa shape index (κ1) is 18.8. The summed E-state index contributed by atoms with van der Waals surface area (Å²) >= 11 is 5.16. The van der Waals surface area contributed by atoms with Crippen LogP contribution in [0, 0.1) is 5.82 Å². The molecule has 0 spiro atoms. The van der Waals surface area contributed by atoms with Crippen molar-refractivity contribution in [2.24, 2.45) is 4.99 Å². The van der Waals surface area contributed by atoms with Crippen molar-refractivity contribution in [2.45, 2.75) is 13.0 Å².